The molecule has 1 aromatic heterocycles. The number of nitrogens with zero attached hydrogens (tertiary/aromatic N) is 2. The molecule has 0 atom stereocenters. The van der Waals surface area contributed by atoms with Gasteiger partial charge in [0.2, 0.25) is 0 Å². The van der Waals surface area contributed by atoms with Gasteiger partial charge >= 0.3 is 0 Å². The zero-order chi connectivity index (χ0) is 22.8. The van der Waals surface area contributed by atoms with Crippen molar-refractivity contribution in [3.8, 4) is 0 Å². The molecule has 0 aliphatic carbocycles. The van der Waals surface area contributed by atoms with Gasteiger partial charge < -0.3 is 5.73 Å². The Morgan fingerprint density at radius 1 is 0.879 bits per heavy atom. The van der Waals surface area contributed by atoms with Crippen LogP contribution >= 0.6 is 0 Å². The molecule has 0 aliphatic heterocycles. The molecule has 3 N–H and O–H groups in total. The number of anilines is 1. The summed E-state index contributed by atoms with van der Waals surface area (Å²) in [6.07, 6.45) is 4.16. The summed E-state index contributed by atoms with van der Waals surface area (Å²) in [6.45, 7) is 3.79. The second-order valence-corrected chi connectivity index (χ2v) is 8.75. The van der Waals surface area contributed by atoms with Gasteiger partial charge in [-0.1, -0.05) is 72.8 Å². The van der Waals surface area contributed by atoms with Crippen molar-refractivity contribution in [1.29, 1.82) is 0 Å². The highest BCUT2D eigenvalue weighted by Crippen LogP contribution is 2.24. The van der Waals surface area contributed by atoms with E-state index in [-0.39, 0.29) is 0 Å². The molecule has 5 rings (SSSR count). The van der Waals surface area contributed by atoms with Gasteiger partial charge in [0.15, 0.2) is 0 Å². The van der Waals surface area contributed by atoms with Gasteiger partial charge in [0.05, 0.1) is 11.2 Å². The first kappa shape index (κ1) is 21.0. The molecular weight excluding hydrogens is 404 g/mol. The number of aromatic nitrogens is 2. The maximum atomic E-state index is 6.10. The lowest BCUT2D eigenvalue weighted by atomic mass is 10.0. The Morgan fingerprint density at radius 2 is 1.70 bits per heavy atom. The lowest BCUT2D eigenvalue weighted by molar-refractivity contribution is 0.320. The monoisotopic (exact) mass is 432 g/mol. The largest absolute Gasteiger partial charge is 0.398 e. The number of aryl methyl sites for hydroxylation is 1. The van der Waals surface area contributed by atoms with E-state index in [1.54, 1.807) is 0 Å². The number of hydrogen-bond donors (Lipinski definition) is 2. The molecule has 0 saturated carbocycles. The highest BCUT2D eigenvalue weighted by Gasteiger charge is 2.07. The van der Waals surface area contributed by atoms with E-state index in [0.717, 1.165) is 46.5 Å². The fourth-order valence-corrected chi connectivity index (χ4v) is 4.40. The molecule has 4 aromatic carbocycles. The Bertz CT molecular complexity index is 1460. The molecule has 0 fully saturated rings. The second-order valence-electron chi connectivity index (χ2n) is 8.75. The van der Waals surface area contributed by atoms with Crippen molar-refractivity contribution in [3.63, 3.8) is 0 Å². The first-order valence-corrected chi connectivity index (χ1v) is 11.2. The van der Waals surface area contributed by atoms with E-state index in [2.05, 4.69) is 95.0 Å². The van der Waals surface area contributed by atoms with E-state index in [4.69, 9.17) is 5.73 Å². The molecule has 33 heavy (non-hydrogen) atoms. The van der Waals surface area contributed by atoms with Gasteiger partial charge in [-0.25, -0.2) is 0 Å². The van der Waals surface area contributed by atoms with E-state index in [1.807, 2.05) is 25.1 Å². The van der Waals surface area contributed by atoms with Crippen LogP contribution in [0.15, 0.2) is 78.9 Å². The van der Waals surface area contributed by atoms with Gasteiger partial charge in [-0.3, -0.25) is 10.00 Å². The summed E-state index contributed by atoms with van der Waals surface area (Å²) in [4.78, 5) is 2.36. The number of nitrogens with two attached hydrogens (primary N) is 1. The van der Waals surface area contributed by atoms with Gasteiger partial charge in [0, 0.05) is 24.2 Å². The van der Waals surface area contributed by atoms with Gasteiger partial charge in [-0.05, 0) is 65.2 Å². The van der Waals surface area contributed by atoms with Crippen LogP contribution in [0.4, 0.5) is 5.69 Å². The zero-order valence-electron chi connectivity index (χ0n) is 19.0. The van der Waals surface area contributed by atoms with E-state index < -0.39 is 0 Å². The quantitative estimate of drug-likeness (QED) is 0.305. The van der Waals surface area contributed by atoms with Crippen molar-refractivity contribution < 1.29 is 0 Å². The number of aromatic amines is 1. The minimum Gasteiger partial charge on any atom is -0.398 e. The molecule has 164 valence electrons. The Balaban J connectivity index is 1.31. The van der Waals surface area contributed by atoms with E-state index >= 15 is 0 Å². The van der Waals surface area contributed by atoms with E-state index in [9.17, 15) is 0 Å². The summed E-state index contributed by atoms with van der Waals surface area (Å²) in [7, 11) is 2.17. The van der Waals surface area contributed by atoms with Crippen LogP contribution in [0.1, 0.15) is 27.9 Å². The fraction of sp³-hybridized carbons (Fsp3) is 0.138. The minimum atomic E-state index is 0.787. The molecule has 4 nitrogen and oxygen atoms in total. The van der Waals surface area contributed by atoms with Crippen molar-refractivity contribution in [2.24, 2.45) is 0 Å². The highest BCUT2D eigenvalue weighted by atomic mass is 15.1. The van der Waals surface area contributed by atoms with Crippen LogP contribution in [-0.4, -0.2) is 22.1 Å². The van der Waals surface area contributed by atoms with E-state index in [0.29, 0.717) is 0 Å². The summed E-state index contributed by atoms with van der Waals surface area (Å²) in [5.41, 5.74) is 13.6. The summed E-state index contributed by atoms with van der Waals surface area (Å²) < 4.78 is 0. The summed E-state index contributed by atoms with van der Waals surface area (Å²) in [5, 5.41) is 11.2. The van der Waals surface area contributed by atoms with Crippen LogP contribution in [0, 0.1) is 6.92 Å². The molecule has 0 radical (unpaired) electrons. The van der Waals surface area contributed by atoms with E-state index in [1.165, 1.54) is 21.9 Å². The molecule has 0 bridgehead atoms. The summed E-state index contributed by atoms with van der Waals surface area (Å²) >= 11 is 0. The Labute approximate surface area is 194 Å². The predicted molar refractivity (Wildman–Crippen MR) is 140 cm³/mol. The average molecular weight is 433 g/mol. The number of fused-ring (bicyclic) bond motifs is 2. The molecule has 4 heteroatoms. The molecule has 0 unspecified atom stereocenters. The SMILES string of the molecule is Cc1cc2[nH]nc(C=Cc3cccc(CN(C)Cc4cccc5ccccc45)c3)c2cc1N. The Morgan fingerprint density at radius 3 is 2.61 bits per heavy atom. The van der Waals surface area contributed by atoms with Gasteiger partial charge in [0.25, 0.3) is 0 Å². The van der Waals surface area contributed by atoms with Crippen LogP contribution < -0.4 is 5.73 Å². The van der Waals surface area contributed by atoms with Crippen molar-refractivity contribution >= 4 is 39.5 Å². The first-order chi connectivity index (χ1) is 16.1. The number of nitrogens with one attached hydrogen (secondary N) is 1. The number of H-pyrrole nitrogens is 1. The third kappa shape index (κ3) is 4.52. The van der Waals surface area contributed by atoms with Crippen molar-refractivity contribution in [2.75, 3.05) is 12.8 Å². The molecule has 0 saturated heterocycles. The lowest BCUT2D eigenvalue weighted by Gasteiger charge is -2.18. The minimum absolute atomic E-state index is 0.787. The third-order valence-corrected chi connectivity index (χ3v) is 6.14. The average Bonchev–Trinajstić information content (AvgIpc) is 3.20. The van der Waals surface area contributed by atoms with Crippen LogP contribution in [-0.2, 0) is 13.1 Å². The number of benzene rings is 4. The maximum Gasteiger partial charge on any atom is 0.0928 e. The third-order valence-electron chi connectivity index (χ3n) is 6.14. The topological polar surface area (TPSA) is 57.9 Å². The Kier molecular flexibility index (Phi) is 5.68. The van der Waals surface area contributed by atoms with Crippen LogP contribution in [0.25, 0.3) is 33.8 Å². The molecule has 0 spiro atoms. The second kappa shape index (κ2) is 8.93. The molecule has 0 aliphatic rings. The molecule has 5 aromatic rings. The first-order valence-electron chi connectivity index (χ1n) is 11.2. The number of rotatable bonds is 6. The van der Waals surface area contributed by atoms with Crippen molar-refractivity contribution in [1.82, 2.24) is 15.1 Å². The Hall–Kier alpha value is -3.89. The van der Waals surface area contributed by atoms with Crippen LogP contribution in [0.3, 0.4) is 0 Å². The van der Waals surface area contributed by atoms with Gasteiger partial charge in [-0.15, -0.1) is 0 Å². The fourth-order valence-electron chi connectivity index (χ4n) is 4.40. The smallest absolute Gasteiger partial charge is 0.0928 e. The number of hydrogen-bond acceptors (Lipinski definition) is 3. The standard InChI is InChI=1S/C29H28N4/c1-20-15-29-26(17-27(20)30)28(31-32-29)14-13-21-7-5-8-22(16-21)18-33(2)19-24-11-6-10-23-9-3-4-12-25(23)24/h3-17H,18-19,30H2,1-2H3,(H,31,32). The molecule has 0 amide bonds. The lowest BCUT2D eigenvalue weighted by Crippen LogP contribution is -2.17. The van der Waals surface area contributed by atoms with Gasteiger partial charge in [0.1, 0.15) is 0 Å². The highest BCUT2D eigenvalue weighted by molar-refractivity contribution is 5.92. The van der Waals surface area contributed by atoms with Gasteiger partial charge in [-0.2, -0.15) is 5.10 Å². The molecule has 1 heterocycles. The van der Waals surface area contributed by atoms with Crippen LogP contribution in [0.2, 0.25) is 0 Å². The summed E-state index contributed by atoms with van der Waals surface area (Å²) in [6, 6.07) is 27.8. The normalized spacial score (nSPS) is 11.8. The maximum absolute atomic E-state index is 6.10. The summed E-state index contributed by atoms with van der Waals surface area (Å²) in [5.74, 6) is 0. The number of nitrogen functional groups attached to an aromatic ring is 1. The van der Waals surface area contributed by atoms with Crippen LogP contribution in [0.5, 0.6) is 0 Å². The van der Waals surface area contributed by atoms with Crippen molar-refractivity contribution in [3.05, 3.63) is 107 Å². The predicted octanol–water partition coefficient (Wildman–Crippen LogP) is 6.41. The molecular formula is C29H28N4. The zero-order valence-corrected chi connectivity index (χ0v) is 19.0. The van der Waals surface area contributed by atoms with Crippen molar-refractivity contribution in [2.45, 2.75) is 20.0 Å².